The van der Waals surface area contributed by atoms with E-state index in [2.05, 4.69) is 16.0 Å². The van der Waals surface area contributed by atoms with Gasteiger partial charge in [0.15, 0.2) is 5.65 Å². The van der Waals surface area contributed by atoms with Crippen molar-refractivity contribution in [3.8, 4) is 5.75 Å². The minimum atomic E-state index is 0.772. The van der Waals surface area contributed by atoms with Crippen LogP contribution in [0, 0.1) is 13.8 Å². The molecule has 2 aromatic rings. The van der Waals surface area contributed by atoms with Gasteiger partial charge in [-0.1, -0.05) is 0 Å². The van der Waals surface area contributed by atoms with E-state index < -0.39 is 0 Å². The SMILES string of the molecule is COc1cc2cc(C)cnc2nc1C. The van der Waals surface area contributed by atoms with Gasteiger partial charge < -0.3 is 4.74 Å². The van der Waals surface area contributed by atoms with Crippen molar-refractivity contribution in [3.05, 3.63) is 29.6 Å². The van der Waals surface area contributed by atoms with Crippen LogP contribution in [-0.4, -0.2) is 17.1 Å². The number of aryl methyl sites for hydroxylation is 2. The average molecular weight is 188 g/mol. The second kappa shape index (κ2) is 3.25. The summed E-state index contributed by atoms with van der Waals surface area (Å²) in [6.45, 7) is 3.93. The van der Waals surface area contributed by atoms with Crippen molar-refractivity contribution in [2.75, 3.05) is 7.11 Å². The highest BCUT2D eigenvalue weighted by Gasteiger charge is 2.03. The number of aromatic nitrogens is 2. The third kappa shape index (κ3) is 1.41. The minimum absolute atomic E-state index is 0.772. The van der Waals surface area contributed by atoms with Crippen molar-refractivity contribution in [1.29, 1.82) is 0 Å². The highest BCUT2D eigenvalue weighted by atomic mass is 16.5. The summed E-state index contributed by atoms with van der Waals surface area (Å²) >= 11 is 0. The molecule has 0 atom stereocenters. The summed E-state index contributed by atoms with van der Waals surface area (Å²) in [5, 5.41) is 1.02. The fourth-order valence-electron chi connectivity index (χ4n) is 1.45. The van der Waals surface area contributed by atoms with Crippen molar-refractivity contribution in [3.63, 3.8) is 0 Å². The molecule has 0 unspecified atom stereocenters. The maximum Gasteiger partial charge on any atom is 0.159 e. The van der Waals surface area contributed by atoms with Gasteiger partial charge in [0.1, 0.15) is 5.75 Å². The van der Waals surface area contributed by atoms with Crippen LogP contribution < -0.4 is 4.74 Å². The first-order valence-electron chi connectivity index (χ1n) is 4.48. The molecule has 2 rings (SSSR count). The van der Waals surface area contributed by atoms with Gasteiger partial charge in [-0.15, -0.1) is 0 Å². The zero-order valence-electron chi connectivity index (χ0n) is 8.53. The van der Waals surface area contributed by atoms with Gasteiger partial charge in [0, 0.05) is 11.6 Å². The van der Waals surface area contributed by atoms with Gasteiger partial charge in [-0.3, -0.25) is 0 Å². The standard InChI is InChI=1S/C11H12N2O/c1-7-4-9-5-10(14-3)8(2)13-11(9)12-6-7/h4-6H,1-3H3. The number of pyridine rings is 2. The number of methoxy groups -OCH3 is 1. The van der Waals surface area contributed by atoms with Crippen molar-refractivity contribution < 1.29 is 4.74 Å². The predicted octanol–water partition coefficient (Wildman–Crippen LogP) is 2.26. The Kier molecular flexibility index (Phi) is 2.08. The highest BCUT2D eigenvalue weighted by Crippen LogP contribution is 2.21. The van der Waals surface area contributed by atoms with Crippen LogP contribution in [0.1, 0.15) is 11.3 Å². The number of nitrogens with zero attached hydrogens (tertiary/aromatic N) is 2. The summed E-state index contributed by atoms with van der Waals surface area (Å²) in [4.78, 5) is 8.60. The molecule has 0 aliphatic heterocycles. The first-order valence-corrected chi connectivity index (χ1v) is 4.48. The zero-order chi connectivity index (χ0) is 10.1. The molecule has 0 radical (unpaired) electrons. The van der Waals surface area contributed by atoms with Gasteiger partial charge in [-0.2, -0.15) is 0 Å². The Bertz CT molecular complexity index is 480. The summed E-state index contributed by atoms with van der Waals surface area (Å²) in [7, 11) is 1.65. The topological polar surface area (TPSA) is 35.0 Å². The number of fused-ring (bicyclic) bond motifs is 1. The van der Waals surface area contributed by atoms with E-state index in [0.717, 1.165) is 28.0 Å². The number of rotatable bonds is 1. The molecule has 0 aliphatic rings. The third-order valence-corrected chi connectivity index (χ3v) is 2.17. The lowest BCUT2D eigenvalue weighted by atomic mass is 10.2. The molecule has 0 saturated carbocycles. The smallest absolute Gasteiger partial charge is 0.159 e. The normalized spacial score (nSPS) is 10.5. The van der Waals surface area contributed by atoms with Crippen LogP contribution in [0.4, 0.5) is 0 Å². The van der Waals surface area contributed by atoms with E-state index >= 15 is 0 Å². The fraction of sp³-hybridized carbons (Fsp3) is 0.273. The summed E-state index contributed by atoms with van der Waals surface area (Å²) in [5.74, 6) is 0.810. The average Bonchev–Trinajstić information content (AvgIpc) is 2.17. The van der Waals surface area contributed by atoms with Crippen molar-refractivity contribution in [1.82, 2.24) is 9.97 Å². The summed E-state index contributed by atoms with van der Waals surface area (Å²) in [5.41, 5.74) is 2.77. The maximum absolute atomic E-state index is 5.20. The molecule has 0 amide bonds. The Morgan fingerprint density at radius 2 is 2.00 bits per heavy atom. The first kappa shape index (κ1) is 8.94. The molecule has 0 N–H and O–H groups in total. The molecule has 2 aromatic heterocycles. The Morgan fingerprint density at radius 3 is 2.71 bits per heavy atom. The lowest BCUT2D eigenvalue weighted by Crippen LogP contribution is -1.93. The number of hydrogen-bond donors (Lipinski definition) is 0. The van der Waals surface area contributed by atoms with Gasteiger partial charge in [-0.25, -0.2) is 9.97 Å². The van der Waals surface area contributed by atoms with Crippen LogP contribution >= 0.6 is 0 Å². The second-order valence-corrected chi connectivity index (χ2v) is 3.34. The third-order valence-electron chi connectivity index (χ3n) is 2.17. The zero-order valence-corrected chi connectivity index (χ0v) is 8.53. The molecule has 0 aromatic carbocycles. The maximum atomic E-state index is 5.20. The van der Waals surface area contributed by atoms with Crippen LogP contribution in [0.25, 0.3) is 11.0 Å². The lowest BCUT2D eigenvalue weighted by molar-refractivity contribution is 0.410. The Morgan fingerprint density at radius 1 is 1.21 bits per heavy atom. The predicted molar refractivity (Wildman–Crippen MR) is 55.6 cm³/mol. The van der Waals surface area contributed by atoms with E-state index in [1.54, 1.807) is 7.11 Å². The van der Waals surface area contributed by atoms with Crippen LogP contribution in [0.3, 0.4) is 0 Å². The summed E-state index contributed by atoms with van der Waals surface area (Å²) in [6.07, 6.45) is 1.82. The molecule has 3 nitrogen and oxygen atoms in total. The van der Waals surface area contributed by atoms with Crippen molar-refractivity contribution in [2.45, 2.75) is 13.8 Å². The molecule has 0 fully saturated rings. The molecule has 0 aliphatic carbocycles. The Balaban J connectivity index is 2.73. The van der Waals surface area contributed by atoms with Crippen LogP contribution in [0.15, 0.2) is 18.3 Å². The second-order valence-electron chi connectivity index (χ2n) is 3.34. The van der Waals surface area contributed by atoms with Crippen LogP contribution in [0.2, 0.25) is 0 Å². The molecule has 0 saturated heterocycles. The van der Waals surface area contributed by atoms with E-state index in [4.69, 9.17) is 4.74 Å². The number of hydrogen-bond acceptors (Lipinski definition) is 3. The van der Waals surface area contributed by atoms with Crippen LogP contribution in [0.5, 0.6) is 5.75 Å². The van der Waals surface area contributed by atoms with Gasteiger partial charge in [-0.05, 0) is 31.5 Å². The highest BCUT2D eigenvalue weighted by molar-refractivity contribution is 5.77. The quantitative estimate of drug-likeness (QED) is 0.688. The molecule has 14 heavy (non-hydrogen) atoms. The monoisotopic (exact) mass is 188 g/mol. The van der Waals surface area contributed by atoms with Crippen LogP contribution in [-0.2, 0) is 0 Å². The summed E-state index contributed by atoms with van der Waals surface area (Å²) < 4.78 is 5.20. The molecular formula is C11H12N2O. The molecule has 2 heterocycles. The van der Waals surface area contributed by atoms with E-state index in [9.17, 15) is 0 Å². The molecular weight excluding hydrogens is 176 g/mol. The Hall–Kier alpha value is -1.64. The Labute approximate surface area is 82.8 Å². The largest absolute Gasteiger partial charge is 0.495 e. The summed E-state index contributed by atoms with van der Waals surface area (Å²) in [6, 6.07) is 4.02. The molecule has 72 valence electrons. The van der Waals surface area contributed by atoms with E-state index in [-0.39, 0.29) is 0 Å². The van der Waals surface area contributed by atoms with Gasteiger partial charge in [0.25, 0.3) is 0 Å². The van der Waals surface area contributed by atoms with Crippen molar-refractivity contribution >= 4 is 11.0 Å². The molecule has 3 heteroatoms. The van der Waals surface area contributed by atoms with Gasteiger partial charge in [0.05, 0.1) is 12.8 Å². The lowest BCUT2D eigenvalue weighted by Gasteiger charge is -2.05. The minimum Gasteiger partial charge on any atom is -0.495 e. The molecule has 0 bridgehead atoms. The fourth-order valence-corrected chi connectivity index (χ4v) is 1.45. The first-order chi connectivity index (χ1) is 6.70. The van der Waals surface area contributed by atoms with Gasteiger partial charge in [0.2, 0.25) is 0 Å². The van der Waals surface area contributed by atoms with Gasteiger partial charge >= 0.3 is 0 Å². The van der Waals surface area contributed by atoms with E-state index in [0.29, 0.717) is 0 Å². The van der Waals surface area contributed by atoms with Crippen molar-refractivity contribution in [2.24, 2.45) is 0 Å². The van der Waals surface area contributed by atoms with E-state index in [1.165, 1.54) is 0 Å². The van der Waals surface area contributed by atoms with E-state index in [1.807, 2.05) is 26.1 Å². The number of ether oxygens (including phenoxy) is 1. The molecule has 0 spiro atoms.